The van der Waals surface area contributed by atoms with E-state index in [1.165, 1.54) is 6.07 Å². The van der Waals surface area contributed by atoms with Crippen LogP contribution in [0.3, 0.4) is 0 Å². The van der Waals surface area contributed by atoms with E-state index in [0.717, 1.165) is 23.5 Å². The average Bonchev–Trinajstić information content (AvgIpc) is 2.47. The van der Waals surface area contributed by atoms with Gasteiger partial charge in [-0.3, -0.25) is 4.98 Å². The Morgan fingerprint density at radius 2 is 2.10 bits per heavy atom. The molecule has 1 unspecified atom stereocenters. The van der Waals surface area contributed by atoms with Gasteiger partial charge in [-0.15, -0.1) is 0 Å². The second kappa shape index (κ2) is 7.18. The highest BCUT2D eigenvalue weighted by Gasteiger charge is 2.07. The maximum atomic E-state index is 13.2. The lowest BCUT2D eigenvalue weighted by atomic mass is 10.2. The lowest BCUT2D eigenvalue weighted by Gasteiger charge is -2.20. The summed E-state index contributed by atoms with van der Waals surface area (Å²) in [4.78, 5) is 6.56. The lowest BCUT2D eigenvalue weighted by Crippen LogP contribution is -2.20. The Morgan fingerprint density at radius 1 is 1.29 bits per heavy atom. The Balaban J connectivity index is 2.04. The first-order valence-corrected chi connectivity index (χ1v) is 7.25. The zero-order chi connectivity index (χ0) is 15.2. The number of hydrogen-bond acceptors (Lipinski definition) is 3. The van der Waals surface area contributed by atoms with E-state index < -0.39 is 0 Å². The zero-order valence-corrected chi connectivity index (χ0v) is 12.8. The number of rotatable bonds is 6. The van der Waals surface area contributed by atoms with E-state index in [2.05, 4.69) is 35.1 Å². The van der Waals surface area contributed by atoms with Crippen LogP contribution in [0.5, 0.6) is 0 Å². The zero-order valence-electron chi connectivity index (χ0n) is 12.8. The van der Waals surface area contributed by atoms with Gasteiger partial charge in [0.05, 0.1) is 17.6 Å². The minimum atomic E-state index is -0.200. The summed E-state index contributed by atoms with van der Waals surface area (Å²) in [7, 11) is 1.98. The number of nitrogens with one attached hydrogen (secondary N) is 1. The third kappa shape index (κ3) is 4.26. The normalized spacial score (nSPS) is 12.2. The monoisotopic (exact) mass is 287 g/mol. The Labute approximate surface area is 125 Å². The van der Waals surface area contributed by atoms with Gasteiger partial charge in [-0.05, 0) is 43.3 Å². The molecule has 1 aromatic heterocycles. The molecule has 0 aliphatic heterocycles. The number of nitrogens with zero attached hydrogens (tertiary/aromatic N) is 2. The summed E-state index contributed by atoms with van der Waals surface area (Å²) in [5.74, 6) is -0.200. The summed E-state index contributed by atoms with van der Waals surface area (Å²) >= 11 is 0. The van der Waals surface area contributed by atoms with Crippen molar-refractivity contribution in [3.05, 3.63) is 59.7 Å². The smallest absolute Gasteiger partial charge is 0.123 e. The fourth-order valence-electron chi connectivity index (χ4n) is 2.29. The van der Waals surface area contributed by atoms with Crippen molar-refractivity contribution in [2.75, 3.05) is 18.5 Å². The van der Waals surface area contributed by atoms with Gasteiger partial charge in [0.15, 0.2) is 0 Å². The van der Waals surface area contributed by atoms with Gasteiger partial charge in [0.25, 0.3) is 0 Å². The third-order valence-corrected chi connectivity index (χ3v) is 3.47. The molecule has 112 valence electrons. The van der Waals surface area contributed by atoms with Crippen molar-refractivity contribution in [2.24, 2.45) is 0 Å². The molecule has 0 amide bonds. The van der Waals surface area contributed by atoms with Crippen molar-refractivity contribution in [1.29, 1.82) is 0 Å². The van der Waals surface area contributed by atoms with Crippen LogP contribution in [-0.2, 0) is 6.54 Å². The first-order chi connectivity index (χ1) is 10.1. The molecule has 1 atom stereocenters. The van der Waals surface area contributed by atoms with Crippen LogP contribution in [0.25, 0.3) is 0 Å². The Hall–Kier alpha value is -1.94. The van der Waals surface area contributed by atoms with Gasteiger partial charge >= 0.3 is 0 Å². The molecule has 0 aliphatic rings. The fraction of sp³-hybridized carbons (Fsp3) is 0.353. The highest BCUT2D eigenvalue weighted by molar-refractivity contribution is 5.44. The standard InChI is InChI=1S/C17H22FN3/c1-4-19-13(2)17-9-8-16(11-20-17)21(3)12-14-6-5-7-15(18)10-14/h5-11,13,19H,4,12H2,1-3H3. The fourth-order valence-corrected chi connectivity index (χ4v) is 2.29. The predicted molar refractivity (Wildman–Crippen MR) is 84.8 cm³/mol. The van der Waals surface area contributed by atoms with Crippen molar-refractivity contribution < 1.29 is 4.39 Å². The minimum Gasteiger partial charge on any atom is -0.369 e. The highest BCUT2D eigenvalue weighted by atomic mass is 19.1. The summed E-state index contributed by atoms with van der Waals surface area (Å²) in [6.45, 7) is 5.76. The van der Waals surface area contributed by atoms with E-state index in [-0.39, 0.29) is 11.9 Å². The quantitative estimate of drug-likeness (QED) is 0.881. The minimum absolute atomic E-state index is 0.200. The van der Waals surface area contributed by atoms with Crippen LogP contribution in [0.15, 0.2) is 42.6 Å². The van der Waals surface area contributed by atoms with Crippen LogP contribution in [0.1, 0.15) is 31.1 Å². The number of hydrogen-bond donors (Lipinski definition) is 1. The molecule has 3 nitrogen and oxygen atoms in total. The van der Waals surface area contributed by atoms with Gasteiger partial charge in [-0.2, -0.15) is 0 Å². The lowest BCUT2D eigenvalue weighted by molar-refractivity contribution is 0.583. The van der Waals surface area contributed by atoms with E-state index in [4.69, 9.17) is 0 Å². The Bertz CT molecular complexity index is 569. The largest absolute Gasteiger partial charge is 0.369 e. The Kier molecular flexibility index (Phi) is 5.28. The number of anilines is 1. The molecule has 0 radical (unpaired) electrons. The SMILES string of the molecule is CCNC(C)c1ccc(N(C)Cc2cccc(F)c2)cn1. The van der Waals surface area contributed by atoms with Gasteiger partial charge < -0.3 is 10.2 Å². The number of benzene rings is 1. The molecule has 0 bridgehead atoms. The molecular formula is C17H22FN3. The molecule has 2 rings (SSSR count). The summed E-state index contributed by atoms with van der Waals surface area (Å²) in [5.41, 5.74) is 2.99. The van der Waals surface area contributed by atoms with E-state index >= 15 is 0 Å². The number of aromatic nitrogens is 1. The van der Waals surface area contributed by atoms with Crippen LogP contribution < -0.4 is 10.2 Å². The molecule has 0 fully saturated rings. The van der Waals surface area contributed by atoms with Crippen molar-refractivity contribution in [2.45, 2.75) is 26.4 Å². The van der Waals surface area contributed by atoms with Gasteiger partial charge in [-0.25, -0.2) is 4.39 Å². The van der Waals surface area contributed by atoms with Crippen LogP contribution in [0, 0.1) is 5.82 Å². The molecule has 1 heterocycles. The average molecular weight is 287 g/mol. The predicted octanol–water partition coefficient (Wildman–Crippen LogP) is 3.53. The molecule has 0 spiro atoms. The first kappa shape index (κ1) is 15.4. The second-order valence-corrected chi connectivity index (χ2v) is 5.21. The second-order valence-electron chi connectivity index (χ2n) is 5.21. The summed E-state index contributed by atoms with van der Waals surface area (Å²) in [6, 6.07) is 11.0. The summed E-state index contributed by atoms with van der Waals surface area (Å²) < 4.78 is 13.2. The highest BCUT2D eigenvalue weighted by Crippen LogP contribution is 2.17. The van der Waals surface area contributed by atoms with Crippen LogP contribution in [0.2, 0.25) is 0 Å². The van der Waals surface area contributed by atoms with Crippen molar-refractivity contribution in [3.63, 3.8) is 0 Å². The van der Waals surface area contributed by atoms with Gasteiger partial charge in [0.1, 0.15) is 5.82 Å². The van der Waals surface area contributed by atoms with E-state index in [0.29, 0.717) is 6.54 Å². The van der Waals surface area contributed by atoms with Crippen LogP contribution >= 0.6 is 0 Å². The number of halogens is 1. The van der Waals surface area contributed by atoms with Gasteiger partial charge in [-0.1, -0.05) is 19.1 Å². The maximum Gasteiger partial charge on any atom is 0.123 e. The van der Waals surface area contributed by atoms with E-state index in [9.17, 15) is 4.39 Å². The molecule has 21 heavy (non-hydrogen) atoms. The van der Waals surface area contributed by atoms with Crippen LogP contribution in [-0.4, -0.2) is 18.6 Å². The molecule has 1 N–H and O–H groups in total. The number of pyridine rings is 1. The molecular weight excluding hydrogens is 265 g/mol. The maximum absolute atomic E-state index is 13.2. The van der Waals surface area contributed by atoms with Crippen LogP contribution in [0.4, 0.5) is 10.1 Å². The Morgan fingerprint density at radius 3 is 2.71 bits per heavy atom. The van der Waals surface area contributed by atoms with Gasteiger partial charge in [0.2, 0.25) is 0 Å². The molecule has 0 aliphatic carbocycles. The van der Waals surface area contributed by atoms with Gasteiger partial charge in [0, 0.05) is 19.6 Å². The van der Waals surface area contributed by atoms with Crippen molar-refractivity contribution in [3.8, 4) is 0 Å². The summed E-state index contributed by atoms with van der Waals surface area (Å²) in [5, 5.41) is 3.34. The molecule has 0 saturated carbocycles. The third-order valence-electron chi connectivity index (χ3n) is 3.47. The summed E-state index contributed by atoms with van der Waals surface area (Å²) in [6.07, 6.45) is 1.86. The van der Waals surface area contributed by atoms with Crippen molar-refractivity contribution in [1.82, 2.24) is 10.3 Å². The molecule has 2 aromatic rings. The van der Waals surface area contributed by atoms with E-state index in [1.807, 2.05) is 25.4 Å². The molecule has 0 saturated heterocycles. The van der Waals surface area contributed by atoms with E-state index in [1.54, 1.807) is 12.1 Å². The first-order valence-electron chi connectivity index (χ1n) is 7.25. The van der Waals surface area contributed by atoms with Crippen molar-refractivity contribution >= 4 is 5.69 Å². The molecule has 4 heteroatoms. The topological polar surface area (TPSA) is 28.2 Å². The molecule has 1 aromatic carbocycles.